The molecule has 0 heterocycles. The van der Waals surface area contributed by atoms with Crippen LogP contribution >= 0.6 is 24.2 Å². The van der Waals surface area contributed by atoms with Crippen LogP contribution in [0, 0.1) is 0 Å². The lowest BCUT2D eigenvalue weighted by Gasteiger charge is -2.14. The average molecular weight is 335 g/mol. The summed E-state index contributed by atoms with van der Waals surface area (Å²) in [6.45, 7) is 2.46. The van der Waals surface area contributed by atoms with E-state index >= 15 is 0 Å². The number of nitrogens with one attached hydrogen (secondary N) is 1. The second-order valence-corrected chi connectivity index (χ2v) is 5.16. The Morgan fingerprint density at radius 3 is 2.71 bits per heavy atom. The summed E-state index contributed by atoms with van der Waals surface area (Å²) in [5, 5.41) is 2.79. The zero-order valence-corrected chi connectivity index (χ0v) is 14.2. The summed E-state index contributed by atoms with van der Waals surface area (Å²) in [5.74, 6) is 1.91. The van der Waals surface area contributed by atoms with Crippen LogP contribution in [0.25, 0.3) is 0 Å². The van der Waals surface area contributed by atoms with Crippen LogP contribution in [0.1, 0.15) is 13.3 Å². The number of carbonyl (C=O) groups is 1. The molecule has 1 aromatic carbocycles. The lowest BCUT2D eigenvalue weighted by atomic mass is 10.2. The third kappa shape index (κ3) is 6.46. The van der Waals surface area contributed by atoms with Crippen molar-refractivity contribution in [3.63, 3.8) is 0 Å². The molecule has 0 unspecified atom stereocenters. The fraction of sp³-hybridized carbons (Fsp3) is 0.500. The second-order valence-electron chi connectivity index (χ2n) is 4.18. The number of thioether (sulfide) groups is 1. The molecule has 0 saturated carbocycles. The number of hydrogen-bond acceptors (Lipinski definition) is 5. The monoisotopic (exact) mass is 334 g/mol. The molecule has 0 saturated heterocycles. The molecule has 0 spiro atoms. The van der Waals surface area contributed by atoms with Gasteiger partial charge in [-0.05, 0) is 37.5 Å². The molecule has 0 aliphatic carbocycles. The molecule has 1 aromatic rings. The lowest BCUT2D eigenvalue weighted by Crippen LogP contribution is -2.36. The predicted molar refractivity (Wildman–Crippen MR) is 91.0 cm³/mol. The first-order valence-electron chi connectivity index (χ1n) is 6.48. The van der Waals surface area contributed by atoms with Crippen LogP contribution in [0.4, 0.5) is 5.69 Å². The van der Waals surface area contributed by atoms with E-state index in [1.165, 1.54) is 0 Å². The van der Waals surface area contributed by atoms with E-state index in [1.54, 1.807) is 37.1 Å². The molecule has 0 fully saturated rings. The number of ether oxygens (including phenoxy) is 2. The van der Waals surface area contributed by atoms with Crippen molar-refractivity contribution in [3.8, 4) is 11.5 Å². The van der Waals surface area contributed by atoms with Crippen molar-refractivity contribution in [2.75, 3.05) is 31.0 Å². The van der Waals surface area contributed by atoms with Gasteiger partial charge in [0.15, 0.2) is 11.5 Å². The van der Waals surface area contributed by atoms with Crippen LogP contribution in [0.3, 0.4) is 0 Å². The molecule has 0 aliphatic rings. The molecule has 5 nitrogen and oxygen atoms in total. The maximum absolute atomic E-state index is 11.9. The Labute approximate surface area is 136 Å². The molecule has 0 bridgehead atoms. The maximum Gasteiger partial charge on any atom is 0.241 e. The van der Waals surface area contributed by atoms with Gasteiger partial charge in [0.1, 0.15) is 0 Å². The quantitative estimate of drug-likeness (QED) is 0.764. The summed E-state index contributed by atoms with van der Waals surface area (Å²) in [4.78, 5) is 11.9. The van der Waals surface area contributed by atoms with E-state index in [9.17, 15) is 4.79 Å². The molecule has 1 atom stereocenters. The summed E-state index contributed by atoms with van der Waals surface area (Å²) in [7, 11) is 1.56. The highest BCUT2D eigenvalue weighted by Gasteiger charge is 2.14. The van der Waals surface area contributed by atoms with E-state index < -0.39 is 6.04 Å². The van der Waals surface area contributed by atoms with Gasteiger partial charge in [-0.1, -0.05) is 0 Å². The number of nitrogens with two attached hydrogens (primary N) is 1. The van der Waals surface area contributed by atoms with Gasteiger partial charge in [-0.2, -0.15) is 11.8 Å². The summed E-state index contributed by atoms with van der Waals surface area (Å²) in [6.07, 6.45) is 2.64. The summed E-state index contributed by atoms with van der Waals surface area (Å²) in [5.41, 5.74) is 6.47. The number of halogens is 1. The number of hydrogen-bond donors (Lipinski definition) is 2. The Kier molecular flexibility index (Phi) is 10.0. The highest BCUT2D eigenvalue weighted by Crippen LogP contribution is 2.30. The van der Waals surface area contributed by atoms with Crippen molar-refractivity contribution in [1.29, 1.82) is 0 Å². The zero-order valence-electron chi connectivity index (χ0n) is 12.5. The Hall–Kier alpha value is -1.11. The first-order chi connectivity index (χ1) is 9.62. The minimum Gasteiger partial charge on any atom is -0.493 e. The van der Waals surface area contributed by atoms with Gasteiger partial charge in [-0.15, -0.1) is 12.4 Å². The van der Waals surface area contributed by atoms with Crippen molar-refractivity contribution in [1.82, 2.24) is 0 Å². The Morgan fingerprint density at radius 1 is 1.43 bits per heavy atom. The Bertz CT molecular complexity index is 446. The smallest absolute Gasteiger partial charge is 0.241 e. The number of anilines is 1. The highest BCUT2D eigenvalue weighted by molar-refractivity contribution is 7.98. The van der Waals surface area contributed by atoms with E-state index in [0.717, 1.165) is 5.75 Å². The average Bonchev–Trinajstić information content (AvgIpc) is 2.46. The molecule has 1 rings (SSSR count). The molecule has 0 aliphatic heterocycles. The van der Waals surface area contributed by atoms with Crippen LogP contribution in [0.2, 0.25) is 0 Å². The maximum atomic E-state index is 11.9. The molecule has 0 aromatic heterocycles. The van der Waals surface area contributed by atoms with E-state index in [0.29, 0.717) is 30.2 Å². The van der Waals surface area contributed by atoms with Crippen molar-refractivity contribution in [2.24, 2.45) is 5.73 Å². The fourth-order valence-electron chi connectivity index (χ4n) is 1.63. The highest BCUT2D eigenvalue weighted by atomic mass is 35.5. The standard InChI is InChI=1S/C14H22N2O3S.ClH/c1-4-19-12-6-5-10(9-13(12)18-2)16-14(17)11(15)7-8-20-3;/h5-6,9,11H,4,7-8,15H2,1-3H3,(H,16,17);1H/t11-;/m0./s1. The van der Waals surface area contributed by atoms with E-state index in [1.807, 2.05) is 13.2 Å². The zero-order chi connectivity index (χ0) is 15.0. The number of rotatable bonds is 8. The van der Waals surface area contributed by atoms with E-state index in [4.69, 9.17) is 15.2 Å². The van der Waals surface area contributed by atoms with Crippen LogP contribution in [0.5, 0.6) is 11.5 Å². The fourth-order valence-corrected chi connectivity index (χ4v) is 2.12. The summed E-state index contributed by atoms with van der Waals surface area (Å²) < 4.78 is 10.7. The number of methoxy groups -OCH3 is 1. The molecule has 0 radical (unpaired) electrons. The largest absolute Gasteiger partial charge is 0.493 e. The Morgan fingerprint density at radius 2 is 2.14 bits per heavy atom. The molecule has 21 heavy (non-hydrogen) atoms. The SMILES string of the molecule is CCOc1ccc(NC(=O)[C@@H](N)CCSC)cc1OC.Cl. The Balaban J connectivity index is 0.00000400. The van der Waals surface area contributed by atoms with Crippen molar-refractivity contribution in [2.45, 2.75) is 19.4 Å². The lowest BCUT2D eigenvalue weighted by molar-refractivity contribution is -0.117. The minimum absolute atomic E-state index is 0. The van der Waals surface area contributed by atoms with E-state index in [2.05, 4.69) is 5.32 Å². The van der Waals surface area contributed by atoms with Crippen molar-refractivity contribution >= 4 is 35.8 Å². The summed E-state index contributed by atoms with van der Waals surface area (Å²) in [6, 6.07) is 4.77. The van der Waals surface area contributed by atoms with Gasteiger partial charge in [0.05, 0.1) is 19.8 Å². The van der Waals surface area contributed by atoms with Gasteiger partial charge >= 0.3 is 0 Å². The number of carbonyl (C=O) groups excluding carboxylic acids is 1. The molecule has 7 heteroatoms. The van der Waals surface area contributed by atoms with Crippen molar-refractivity contribution < 1.29 is 14.3 Å². The molecule has 3 N–H and O–H groups in total. The van der Waals surface area contributed by atoms with Gasteiger partial charge in [0, 0.05) is 11.8 Å². The van der Waals surface area contributed by atoms with Crippen LogP contribution in [-0.4, -0.2) is 37.7 Å². The van der Waals surface area contributed by atoms with Gasteiger partial charge in [0.25, 0.3) is 0 Å². The summed E-state index contributed by atoms with van der Waals surface area (Å²) >= 11 is 1.67. The van der Waals surface area contributed by atoms with E-state index in [-0.39, 0.29) is 18.3 Å². The molecular weight excluding hydrogens is 312 g/mol. The molecular formula is C14H23ClN2O3S. The van der Waals surface area contributed by atoms with Crippen molar-refractivity contribution in [3.05, 3.63) is 18.2 Å². The van der Waals surface area contributed by atoms with Crippen LogP contribution < -0.4 is 20.5 Å². The third-order valence-corrected chi connectivity index (χ3v) is 3.34. The first-order valence-corrected chi connectivity index (χ1v) is 7.88. The van der Waals surface area contributed by atoms with Gasteiger partial charge in [0.2, 0.25) is 5.91 Å². The van der Waals surface area contributed by atoms with Gasteiger partial charge in [-0.25, -0.2) is 0 Å². The second kappa shape index (κ2) is 10.6. The van der Waals surface area contributed by atoms with Gasteiger partial charge in [-0.3, -0.25) is 4.79 Å². The topological polar surface area (TPSA) is 73.6 Å². The molecule has 120 valence electrons. The molecule has 1 amide bonds. The van der Waals surface area contributed by atoms with Gasteiger partial charge < -0.3 is 20.5 Å². The van der Waals surface area contributed by atoms with Crippen LogP contribution in [0.15, 0.2) is 18.2 Å². The normalized spacial score (nSPS) is 11.2. The minimum atomic E-state index is -0.500. The first kappa shape index (κ1) is 19.9. The number of benzene rings is 1. The van der Waals surface area contributed by atoms with Crippen LogP contribution in [-0.2, 0) is 4.79 Å². The third-order valence-electron chi connectivity index (χ3n) is 2.70. The predicted octanol–water partition coefficient (Wildman–Crippen LogP) is 2.53. The number of amides is 1.